The standard InChI is InChI=1S/C11H21NO3/c1-3-5-14-8-11(13)12-9-6-10(7-9)15-4-2/h9-10H,3-8H2,1-2H3,(H,12,13). The van der Waals surface area contributed by atoms with Crippen LogP contribution < -0.4 is 5.32 Å². The van der Waals surface area contributed by atoms with Gasteiger partial charge in [0.25, 0.3) is 0 Å². The van der Waals surface area contributed by atoms with Crippen LogP contribution in [0.1, 0.15) is 33.1 Å². The van der Waals surface area contributed by atoms with Gasteiger partial charge in [-0.15, -0.1) is 0 Å². The van der Waals surface area contributed by atoms with Gasteiger partial charge in [0.2, 0.25) is 5.91 Å². The molecule has 4 nitrogen and oxygen atoms in total. The lowest BCUT2D eigenvalue weighted by Crippen LogP contribution is -2.48. The molecule has 0 aromatic carbocycles. The summed E-state index contributed by atoms with van der Waals surface area (Å²) in [4.78, 5) is 11.3. The van der Waals surface area contributed by atoms with Crippen LogP contribution in [0.25, 0.3) is 0 Å². The SMILES string of the molecule is CCCOCC(=O)NC1CC(OCC)C1. The zero-order valence-electron chi connectivity index (χ0n) is 9.62. The molecule has 0 radical (unpaired) electrons. The first-order valence-electron chi connectivity index (χ1n) is 5.75. The molecule has 1 rings (SSSR count). The Morgan fingerprint density at radius 2 is 2.13 bits per heavy atom. The summed E-state index contributed by atoms with van der Waals surface area (Å²) in [6, 6.07) is 0.291. The number of ether oxygens (including phenoxy) is 2. The molecule has 1 fully saturated rings. The predicted molar refractivity (Wildman–Crippen MR) is 57.7 cm³/mol. The monoisotopic (exact) mass is 215 g/mol. The summed E-state index contributed by atoms with van der Waals surface area (Å²) >= 11 is 0. The van der Waals surface area contributed by atoms with E-state index in [-0.39, 0.29) is 12.5 Å². The van der Waals surface area contributed by atoms with Gasteiger partial charge in [-0.05, 0) is 26.2 Å². The lowest BCUT2D eigenvalue weighted by Gasteiger charge is -2.35. The number of carbonyl (C=O) groups excluding carboxylic acids is 1. The molecule has 1 amide bonds. The van der Waals surface area contributed by atoms with E-state index in [0.29, 0.717) is 18.8 Å². The van der Waals surface area contributed by atoms with E-state index in [2.05, 4.69) is 5.32 Å². The lowest BCUT2D eigenvalue weighted by molar-refractivity contribution is -0.128. The van der Waals surface area contributed by atoms with Gasteiger partial charge < -0.3 is 14.8 Å². The normalized spacial score (nSPS) is 24.7. The Kier molecular flexibility index (Phi) is 5.65. The number of rotatable bonds is 7. The molecule has 0 aromatic heterocycles. The molecule has 1 N–H and O–H groups in total. The van der Waals surface area contributed by atoms with Crippen LogP contribution in [0.15, 0.2) is 0 Å². The third-order valence-corrected chi connectivity index (χ3v) is 2.44. The summed E-state index contributed by atoms with van der Waals surface area (Å²) in [7, 11) is 0. The van der Waals surface area contributed by atoms with Crippen LogP contribution in [0.5, 0.6) is 0 Å². The first-order valence-corrected chi connectivity index (χ1v) is 5.75. The van der Waals surface area contributed by atoms with E-state index in [0.717, 1.165) is 25.9 Å². The van der Waals surface area contributed by atoms with E-state index >= 15 is 0 Å². The van der Waals surface area contributed by atoms with Crippen molar-refractivity contribution < 1.29 is 14.3 Å². The highest BCUT2D eigenvalue weighted by atomic mass is 16.5. The van der Waals surface area contributed by atoms with Crippen LogP contribution in [-0.4, -0.2) is 37.9 Å². The first kappa shape index (κ1) is 12.5. The number of hydrogen-bond acceptors (Lipinski definition) is 3. The van der Waals surface area contributed by atoms with Crippen LogP contribution in [0, 0.1) is 0 Å². The fourth-order valence-corrected chi connectivity index (χ4v) is 1.63. The minimum Gasteiger partial charge on any atom is -0.378 e. The molecule has 0 saturated heterocycles. The molecule has 0 unspecified atom stereocenters. The van der Waals surface area contributed by atoms with Gasteiger partial charge in [0.15, 0.2) is 0 Å². The molecular weight excluding hydrogens is 194 g/mol. The number of carbonyl (C=O) groups is 1. The van der Waals surface area contributed by atoms with E-state index in [4.69, 9.17) is 9.47 Å². The van der Waals surface area contributed by atoms with E-state index in [1.54, 1.807) is 0 Å². The highest BCUT2D eigenvalue weighted by Crippen LogP contribution is 2.22. The Morgan fingerprint density at radius 3 is 2.73 bits per heavy atom. The molecule has 0 heterocycles. The van der Waals surface area contributed by atoms with Crippen molar-refractivity contribution in [1.29, 1.82) is 0 Å². The molecule has 88 valence electrons. The van der Waals surface area contributed by atoms with Crippen LogP contribution in [0.4, 0.5) is 0 Å². The van der Waals surface area contributed by atoms with Crippen LogP contribution >= 0.6 is 0 Å². The quantitative estimate of drug-likeness (QED) is 0.647. The Balaban J connectivity index is 1.98. The third kappa shape index (κ3) is 4.62. The second kappa shape index (κ2) is 6.80. The van der Waals surface area contributed by atoms with Gasteiger partial charge in [0, 0.05) is 19.3 Å². The number of nitrogens with one attached hydrogen (secondary N) is 1. The molecule has 15 heavy (non-hydrogen) atoms. The van der Waals surface area contributed by atoms with Crippen molar-refractivity contribution in [1.82, 2.24) is 5.32 Å². The molecule has 0 aliphatic heterocycles. The van der Waals surface area contributed by atoms with E-state index in [1.807, 2.05) is 13.8 Å². The van der Waals surface area contributed by atoms with Crippen molar-refractivity contribution in [2.24, 2.45) is 0 Å². The Morgan fingerprint density at radius 1 is 1.40 bits per heavy atom. The van der Waals surface area contributed by atoms with Gasteiger partial charge in [0.1, 0.15) is 6.61 Å². The maximum Gasteiger partial charge on any atom is 0.246 e. The molecule has 4 heteroatoms. The molecule has 0 aromatic rings. The number of hydrogen-bond donors (Lipinski definition) is 1. The van der Waals surface area contributed by atoms with Crippen molar-refractivity contribution in [3.8, 4) is 0 Å². The minimum atomic E-state index is -0.0107. The molecule has 0 spiro atoms. The highest BCUT2D eigenvalue weighted by molar-refractivity contribution is 5.77. The summed E-state index contributed by atoms with van der Waals surface area (Å²) in [6.45, 7) is 5.61. The van der Waals surface area contributed by atoms with Gasteiger partial charge in [-0.2, -0.15) is 0 Å². The summed E-state index contributed by atoms with van der Waals surface area (Å²) in [5, 5.41) is 2.92. The minimum absolute atomic E-state index is 0.0107. The summed E-state index contributed by atoms with van der Waals surface area (Å²) in [5.74, 6) is -0.0107. The van der Waals surface area contributed by atoms with E-state index in [1.165, 1.54) is 0 Å². The summed E-state index contributed by atoms with van der Waals surface area (Å²) in [5.41, 5.74) is 0. The topological polar surface area (TPSA) is 47.6 Å². The lowest BCUT2D eigenvalue weighted by atomic mass is 9.89. The van der Waals surface area contributed by atoms with Gasteiger partial charge in [-0.3, -0.25) is 4.79 Å². The van der Waals surface area contributed by atoms with Crippen LogP contribution in [-0.2, 0) is 14.3 Å². The Labute approximate surface area is 91.3 Å². The van der Waals surface area contributed by atoms with Crippen LogP contribution in [0.3, 0.4) is 0 Å². The first-order chi connectivity index (χ1) is 7.26. The Hall–Kier alpha value is -0.610. The molecular formula is C11H21NO3. The summed E-state index contributed by atoms with van der Waals surface area (Å²) < 4.78 is 10.6. The zero-order valence-corrected chi connectivity index (χ0v) is 9.62. The second-order valence-electron chi connectivity index (χ2n) is 3.87. The molecule has 1 aliphatic rings. The second-order valence-corrected chi connectivity index (χ2v) is 3.87. The largest absolute Gasteiger partial charge is 0.378 e. The average Bonchev–Trinajstić information content (AvgIpc) is 2.15. The fourth-order valence-electron chi connectivity index (χ4n) is 1.63. The smallest absolute Gasteiger partial charge is 0.246 e. The summed E-state index contributed by atoms with van der Waals surface area (Å²) in [6.07, 6.45) is 3.17. The zero-order chi connectivity index (χ0) is 11.1. The molecule has 1 aliphatic carbocycles. The maximum absolute atomic E-state index is 11.3. The number of amides is 1. The van der Waals surface area contributed by atoms with Crippen molar-refractivity contribution in [2.45, 2.75) is 45.3 Å². The molecule has 0 atom stereocenters. The van der Waals surface area contributed by atoms with Gasteiger partial charge in [0.05, 0.1) is 6.10 Å². The average molecular weight is 215 g/mol. The highest BCUT2D eigenvalue weighted by Gasteiger charge is 2.30. The predicted octanol–water partition coefficient (Wildman–Crippen LogP) is 1.10. The third-order valence-electron chi connectivity index (χ3n) is 2.44. The molecule has 0 bridgehead atoms. The van der Waals surface area contributed by atoms with Crippen molar-refractivity contribution >= 4 is 5.91 Å². The van der Waals surface area contributed by atoms with E-state index in [9.17, 15) is 4.79 Å². The fraction of sp³-hybridized carbons (Fsp3) is 0.909. The Bertz CT molecular complexity index is 190. The maximum atomic E-state index is 11.3. The van der Waals surface area contributed by atoms with Gasteiger partial charge >= 0.3 is 0 Å². The van der Waals surface area contributed by atoms with Crippen LogP contribution in [0.2, 0.25) is 0 Å². The van der Waals surface area contributed by atoms with Crippen molar-refractivity contribution in [3.63, 3.8) is 0 Å². The van der Waals surface area contributed by atoms with Crippen molar-refractivity contribution in [3.05, 3.63) is 0 Å². The van der Waals surface area contributed by atoms with Gasteiger partial charge in [-0.25, -0.2) is 0 Å². The van der Waals surface area contributed by atoms with Crippen molar-refractivity contribution in [2.75, 3.05) is 19.8 Å². The van der Waals surface area contributed by atoms with E-state index < -0.39 is 0 Å². The van der Waals surface area contributed by atoms with Gasteiger partial charge in [-0.1, -0.05) is 6.92 Å². The molecule has 1 saturated carbocycles.